The number of carbonyl (C=O) groups excluding carboxylic acids is 1. The Balaban J connectivity index is 2.37. The van der Waals surface area contributed by atoms with Gasteiger partial charge in [0.2, 0.25) is 5.76 Å². The Labute approximate surface area is 90.4 Å². The van der Waals surface area contributed by atoms with Crippen LogP contribution in [0.25, 0.3) is 11.3 Å². The summed E-state index contributed by atoms with van der Waals surface area (Å²) in [5.74, 6) is 0.589. The van der Waals surface area contributed by atoms with Crippen molar-refractivity contribution in [2.45, 2.75) is 0 Å². The highest BCUT2D eigenvalue weighted by Gasteiger charge is 2.13. The average Bonchev–Trinajstić information content (AvgIpc) is 2.66. The van der Waals surface area contributed by atoms with Gasteiger partial charge in [-0.25, -0.2) is 4.79 Å². The molecule has 2 aromatic rings. The Morgan fingerprint density at radius 2 is 2.07 bits per heavy atom. The molecular formula is C10H6ClNO3. The van der Waals surface area contributed by atoms with Gasteiger partial charge in [0, 0.05) is 17.2 Å². The van der Waals surface area contributed by atoms with Gasteiger partial charge in [0.15, 0.2) is 5.75 Å². The standard InChI is InChI=1S/C10H6ClNO3/c11-10(13)14-8-6-12-15-9(8)7-4-2-1-3-5-7/h1-6H. The summed E-state index contributed by atoms with van der Waals surface area (Å²) < 4.78 is 9.68. The summed E-state index contributed by atoms with van der Waals surface area (Å²) in [5.41, 5.74) is -0.154. The van der Waals surface area contributed by atoms with Crippen molar-refractivity contribution in [1.82, 2.24) is 5.16 Å². The Morgan fingerprint density at radius 3 is 2.73 bits per heavy atom. The quantitative estimate of drug-likeness (QED) is 0.734. The molecule has 0 spiro atoms. The van der Waals surface area contributed by atoms with Crippen LogP contribution in [0.2, 0.25) is 0 Å². The largest absolute Gasteiger partial charge is 0.409 e. The van der Waals surface area contributed by atoms with Crippen LogP contribution in [-0.2, 0) is 0 Å². The highest BCUT2D eigenvalue weighted by molar-refractivity contribution is 6.61. The van der Waals surface area contributed by atoms with E-state index in [0.29, 0.717) is 5.76 Å². The maximum Gasteiger partial charge on any atom is 0.409 e. The lowest BCUT2D eigenvalue weighted by Gasteiger charge is -1.98. The third-order valence-corrected chi connectivity index (χ3v) is 1.84. The first-order valence-electron chi connectivity index (χ1n) is 4.15. The van der Waals surface area contributed by atoms with E-state index >= 15 is 0 Å². The van der Waals surface area contributed by atoms with Gasteiger partial charge in [0.1, 0.15) is 6.20 Å². The first kappa shape index (κ1) is 9.73. The summed E-state index contributed by atoms with van der Waals surface area (Å²) in [4.78, 5) is 10.6. The number of halogens is 1. The molecule has 0 saturated carbocycles. The molecule has 0 amide bonds. The fourth-order valence-corrected chi connectivity index (χ4v) is 1.26. The maximum atomic E-state index is 10.6. The molecule has 15 heavy (non-hydrogen) atoms. The molecular weight excluding hydrogens is 218 g/mol. The van der Waals surface area contributed by atoms with Crippen molar-refractivity contribution in [2.24, 2.45) is 0 Å². The molecule has 1 aromatic carbocycles. The lowest BCUT2D eigenvalue weighted by molar-refractivity contribution is 0.225. The van der Waals surface area contributed by atoms with Crippen LogP contribution in [0.3, 0.4) is 0 Å². The van der Waals surface area contributed by atoms with Gasteiger partial charge < -0.3 is 9.26 Å². The minimum atomic E-state index is -0.921. The molecule has 5 heteroatoms. The van der Waals surface area contributed by atoms with Crippen molar-refractivity contribution in [2.75, 3.05) is 0 Å². The van der Waals surface area contributed by atoms with E-state index in [0.717, 1.165) is 5.56 Å². The van der Waals surface area contributed by atoms with E-state index in [1.165, 1.54) is 6.20 Å². The zero-order chi connectivity index (χ0) is 10.7. The fraction of sp³-hybridized carbons (Fsp3) is 0. The smallest absolute Gasteiger partial charge is 0.409 e. The van der Waals surface area contributed by atoms with Gasteiger partial charge in [-0.2, -0.15) is 0 Å². The second kappa shape index (κ2) is 4.14. The third kappa shape index (κ3) is 2.16. The predicted molar refractivity (Wildman–Crippen MR) is 53.8 cm³/mol. The number of hydrogen-bond acceptors (Lipinski definition) is 4. The topological polar surface area (TPSA) is 52.3 Å². The first-order chi connectivity index (χ1) is 7.27. The van der Waals surface area contributed by atoms with Gasteiger partial charge in [0.05, 0.1) is 0 Å². The normalized spacial score (nSPS) is 9.93. The van der Waals surface area contributed by atoms with E-state index in [1.807, 2.05) is 30.3 Å². The Hall–Kier alpha value is -1.81. The number of aromatic nitrogens is 1. The number of rotatable bonds is 2. The van der Waals surface area contributed by atoms with E-state index in [2.05, 4.69) is 5.16 Å². The second-order valence-corrected chi connectivity index (χ2v) is 3.03. The fourth-order valence-electron chi connectivity index (χ4n) is 1.17. The van der Waals surface area contributed by atoms with Gasteiger partial charge in [-0.15, -0.1) is 0 Å². The maximum absolute atomic E-state index is 10.6. The molecule has 0 aliphatic heterocycles. The minimum Gasteiger partial charge on any atom is -0.409 e. The number of hydrogen-bond donors (Lipinski definition) is 0. The van der Waals surface area contributed by atoms with E-state index in [1.54, 1.807) is 0 Å². The van der Waals surface area contributed by atoms with Crippen molar-refractivity contribution in [3.63, 3.8) is 0 Å². The Kier molecular flexibility index (Phi) is 2.69. The van der Waals surface area contributed by atoms with Crippen molar-refractivity contribution in [1.29, 1.82) is 0 Å². The van der Waals surface area contributed by atoms with Crippen LogP contribution < -0.4 is 4.74 Å². The molecule has 4 nitrogen and oxygen atoms in total. The lowest BCUT2D eigenvalue weighted by atomic mass is 10.2. The first-order valence-corrected chi connectivity index (χ1v) is 4.52. The average molecular weight is 224 g/mol. The number of carbonyl (C=O) groups is 1. The Bertz CT molecular complexity index is 467. The number of nitrogens with zero attached hydrogens (tertiary/aromatic N) is 1. The molecule has 1 aromatic heterocycles. The molecule has 0 N–H and O–H groups in total. The van der Waals surface area contributed by atoms with Gasteiger partial charge in [-0.3, -0.25) is 0 Å². The summed E-state index contributed by atoms with van der Waals surface area (Å²) in [6, 6.07) is 9.17. The molecule has 0 aliphatic rings. The minimum absolute atomic E-state index is 0.209. The molecule has 0 aliphatic carbocycles. The predicted octanol–water partition coefficient (Wildman–Crippen LogP) is 3.08. The molecule has 0 radical (unpaired) electrons. The van der Waals surface area contributed by atoms with Crippen molar-refractivity contribution < 1.29 is 14.1 Å². The molecule has 0 fully saturated rings. The highest BCUT2D eigenvalue weighted by Crippen LogP contribution is 2.29. The highest BCUT2D eigenvalue weighted by atomic mass is 35.5. The second-order valence-electron chi connectivity index (χ2n) is 2.72. The summed E-state index contributed by atoms with van der Waals surface area (Å²) in [7, 11) is 0. The number of ether oxygens (including phenoxy) is 1. The zero-order valence-electron chi connectivity index (χ0n) is 7.51. The van der Waals surface area contributed by atoms with Gasteiger partial charge >= 0.3 is 5.43 Å². The Morgan fingerprint density at radius 1 is 1.33 bits per heavy atom. The third-order valence-electron chi connectivity index (χ3n) is 1.76. The van der Waals surface area contributed by atoms with E-state index in [9.17, 15) is 4.79 Å². The van der Waals surface area contributed by atoms with Crippen LogP contribution in [0.5, 0.6) is 5.75 Å². The molecule has 0 unspecified atom stereocenters. The van der Waals surface area contributed by atoms with Crippen molar-refractivity contribution in [3.05, 3.63) is 36.5 Å². The molecule has 0 atom stereocenters. The van der Waals surface area contributed by atoms with Crippen LogP contribution in [0.4, 0.5) is 4.79 Å². The van der Waals surface area contributed by atoms with Crippen LogP contribution in [0.15, 0.2) is 41.1 Å². The summed E-state index contributed by atoms with van der Waals surface area (Å²) in [5, 5.41) is 3.54. The molecule has 2 rings (SSSR count). The van der Waals surface area contributed by atoms with Gasteiger partial charge in [0.25, 0.3) is 0 Å². The molecule has 0 saturated heterocycles. The lowest BCUT2D eigenvalue weighted by Crippen LogP contribution is -1.95. The zero-order valence-corrected chi connectivity index (χ0v) is 8.27. The molecule has 1 heterocycles. The van der Waals surface area contributed by atoms with E-state index in [-0.39, 0.29) is 5.75 Å². The van der Waals surface area contributed by atoms with Gasteiger partial charge in [-0.05, 0) is 0 Å². The van der Waals surface area contributed by atoms with Crippen LogP contribution in [-0.4, -0.2) is 10.6 Å². The monoisotopic (exact) mass is 223 g/mol. The van der Waals surface area contributed by atoms with Crippen LogP contribution in [0.1, 0.15) is 0 Å². The van der Waals surface area contributed by atoms with E-state index < -0.39 is 5.43 Å². The van der Waals surface area contributed by atoms with Crippen LogP contribution in [0, 0.1) is 0 Å². The van der Waals surface area contributed by atoms with E-state index in [4.69, 9.17) is 20.9 Å². The summed E-state index contributed by atoms with van der Waals surface area (Å²) >= 11 is 5.10. The van der Waals surface area contributed by atoms with Crippen LogP contribution >= 0.6 is 11.6 Å². The van der Waals surface area contributed by atoms with Gasteiger partial charge in [-0.1, -0.05) is 35.5 Å². The van der Waals surface area contributed by atoms with Crippen molar-refractivity contribution in [3.8, 4) is 17.1 Å². The summed E-state index contributed by atoms with van der Waals surface area (Å²) in [6.45, 7) is 0. The molecule has 76 valence electrons. The van der Waals surface area contributed by atoms with Crippen molar-refractivity contribution >= 4 is 17.0 Å². The summed E-state index contributed by atoms with van der Waals surface area (Å²) in [6.07, 6.45) is 1.29. The number of benzene rings is 1. The SMILES string of the molecule is O=C(Cl)Oc1cnoc1-c1ccccc1. The molecule has 0 bridgehead atoms.